The molecule has 1 heterocycles. The van der Waals surface area contributed by atoms with E-state index in [0.29, 0.717) is 5.56 Å². The third-order valence-corrected chi connectivity index (χ3v) is 6.64. The SMILES string of the molecule is Cc1ccc(OCC(=O)N2CCN(S(=O)(=O)c3ccccc3F)CC2)c([N+](=O)[O-])c1. The number of ether oxygens (including phenoxy) is 1. The van der Waals surface area contributed by atoms with E-state index >= 15 is 0 Å². The van der Waals surface area contributed by atoms with E-state index in [2.05, 4.69) is 0 Å². The minimum absolute atomic E-state index is 0.00703. The summed E-state index contributed by atoms with van der Waals surface area (Å²) in [6.45, 7) is 1.51. The van der Waals surface area contributed by atoms with Crippen LogP contribution in [0.5, 0.6) is 5.75 Å². The Morgan fingerprint density at radius 1 is 1.17 bits per heavy atom. The first kappa shape index (κ1) is 21.7. The van der Waals surface area contributed by atoms with Crippen molar-refractivity contribution in [1.29, 1.82) is 0 Å². The molecule has 2 aromatic rings. The van der Waals surface area contributed by atoms with Crippen LogP contribution in [-0.2, 0) is 14.8 Å². The molecule has 0 unspecified atom stereocenters. The average Bonchev–Trinajstić information content (AvgIpc) is 2.72. The minimum atomic E-state index is -4.00. The molecule has 0 aromatic heterocycles. The van der Waals surface area contributed by atoms with E-state index in [4.69, 9.17) is 4.74 Å². The number of carbonyl (C=O) groups is 1. The van der Waals surface area contributed by atoms with E-state index in [1.165, 1.54) is 35.2 Å². The Morgan fingerprint density at radius 3 is 2.47 bits per heavy atom. The smallest absolute Gasteiger partial charge is 0.311 e. The van der Waals surface area contributed by atoms with Crippen LogP contribution in [0.3, 0.4) is 0 Å². The van der Waals surface area contributed by atoms with Gasteiger partial charge in [-0.1, -0.05) is 18.2 Å². The van der Waals surface area contributed by atoms with Crippen LogP contribution in [0.2, 0.25) is 0 Å². The summed E-state index contributed by atoms with van der Waals surface area (Å²) in [7, 11) is -4.00. The van der Waals surface area contributed by atoms with E-state index < -0.39 is 38.2 Å². The predicted molar refractivity (Wildman–Crippen MR) is 105 cm³/mol. The average molecular weight is 437 g/mol. The molecular formula is C19H20FN3O6S. The molecule has 0 atom stereocenters. The second-order valence-corrected chi connectivity index (χ2v) is 8.64. The Balaban J connectivity index is 1.60. The molecule has 0 saturated carbocycles. The molecule has 1 amide bonds. The Hall–Kier alpha value is -3.05. The minimum Gasteiger partial charge on any atom is -0.477 e. The number of piperazine rings is 1. The van der Waals surface area contributed by atoms with Crippen molar-refractivity contribution in [3.05, 3.63) is 64.0 Å². The van der Waals surface area contributed by atoms with Gasteiger partial charge in [0.25, 0.3) is 5.91 Å². The molecule has 160 valence electrons. The normalized spacial score (nSPS) is 15.1. The van der Waals surface area contributed by atoms with Gasteiger partial charge >= 0.3 is 5.69 Å². The van der Waals surface area contributed by atoms with Gasteiger partial charge in [-0.25, -0.2) is 12.8 Å². The molecule has 0 aliphatic carbocycles. The number of halogens is 1. The molecule has 9 nitrogen and oxygen atoms in total. The van der Waals surface area contributed by atoms with Crippen LogP contribution in [0.25, 0.3) is 0 Å². The van der Waals surface area contributed by atoms with Gasteiger partial charge in [0.05, 0.1) is 4.92 Å². The Bertz CT molecular complexity index is 1070. The van der Waals surface area contributed by atoms with Gasteiger partial charge in [-0.2, -0.15) is 4.31 Å². The van der Waals surface area contributed by atoms with Gasteiger partial charge in [-0.05, 0) is 30.7 Å². The molecule has 0 spiro atoms. The standard InChI is InChI=1S/C19H20FN3O6S/c1-14-6-7-17(16(12-14)23(25)26)29-13-19(24)21-8-10-22(11-9-21)30(27,28)18-5-3-2-4-15(18)20/h2-7,12H,8-11,13H2,1H3. The van der Waals surface area contributed by atoms with E-state index in [1.54, 1.807) is 13.0 Å². The number of benzene rings is 2. The van der Waals surface area contributed by atoms with Crippen molar-refractivity contribution in [3.63, 3.8) is 0 Å². The van der Waals surface area contributed by atoms with Crippen LogP contribution >= 0.6 is 0 Å². The Labute approximate surface area is 172 Å². The number of nitro groups is 1. The van der Waals surface area contributed by atoms with Gasteiger partial charge in [0.1, 0.15) is 10.7 Å². The third-order valence-electron chi connectivity index (χ3n) is 4.71. The number of hydrogen-bond donors (Lipinski definition) is 0. The van der Waals surface area contributed by atoms with Crippen molar-refractivity contribution in [1.82, 2.24) is 9.21 Å². The molecule has 2 aromatic carbocycles. The largest absolute Gasteiger partial charge is 0.477 e. The van der Waals surface area contributed by atoms with Gasteiger partial charge in [0.2, 0.25) is 10.0 Å². The second-order valence-electron chi connectivity index (χ2n) is 6.73. The molecule has 1 aliphatic heterocycles. The summed E-state index contributed by atoms with van der Waals surface area (Å²) in [5.41, 5.74) is 0.455. The number of hydrogen-bond acceptors (Lipinski definition) is 6. The van der Waals surface area contributed by atoms with Gasteiger partial charge in [-0.15, -0.1) is 0 Å². The lowest BCUT2D eigenvalue weighted by molar-refractivity contribution is -0.385. The molecular weight excluding hydrogens is 417 g/mol. The molecule has 1 fully saturated rings. The highest BCUT2D eigenvalue weighted by Crippen LogP contribution is 2.28. The summed E-state index contributed by atoms with van der Waals surface area (Å²) >= 11 is 0. The molecule has 11 heteroatoms. The lowest BCUT2D eigenvalue weighted by atomic mass is 10.2. The number of nitrogens with zero attached hydrogens (tertiary/aromatic N) is 3. The first-order chi connectivity index (χ1) is 14.2. The van der Waals surface area contributed by atoms with Gasteiger partial charge < -0.3 is 9.64 Å². The number of carbonyl (C=O) groups excluding carboxylic acids is 1. The van der Waals surface area contributed by atoms with Gasteiger partial charge in [0.15, 0.2) is 12.4 Å². The topological polar surface area (TPSA) is 110 Å². The van der Waals surface area contributed by atoms with Crippen molar-refractivity contribution >= 4 is 21.6 Å². The van der Waals surface area contributed by atoms with Crippen molar-refractivity contribution < 1.29 is 27.3 Å². The number of nitro benzene ring substituents is 1. The predicted octanol–water partition coefficient (Wildman–Crippen LogP) is 1.95. The molecule has 0 N–H and O–H groups in total. The van der Waals surface area contributed by atoms with Crippen molar-refractivity contribution in [2.75, 3.05) is 32.8 Å². The highest BCUT2D eigenvalue weighted by molar-refractivity contribution is 7.89. The maximum atomic E-state index is 13.9. The Kier molecular flexibility index (Phi) is 6.32. The van der Waals surface area contributed by atoms with E-state index in [1.807, 2.05) is 0 Å². The molecule has 1 aliphatic rings. The van der Waals surface area contributed by atoms with E-state index in [-0.39, 0.29) is 37.6 Å². The summed E-state index contributed by atoms with van der Waals surface area (Å²) in [6, 6.07) is 9.55. The second kappa shape index (κ2) is 8.76. The van der Waals surface area contributed by atoms with Crippen LogP contribution in [0.1, 0.15) is 5.56 Å². The van der Waals surface area contributed by atoms with Gasteiger partial charge in [0, 0.05) is 32.2 Å². The maximum Gasteiger partial charge on any atom is 0.311 e. The zero-order chi connectivity index (χ0) is 21.9. The number of sulfonamides is 1. The van der Waals surface area contributed by atoms with Crippen LogP contribution in [0.4, 0.5) is 10.1 Å². The molecule has 3 rings (SSSR count). The number of amides is 1. The van der Waals surface area contributed by atoms with Crippen molar-refractivity contribution in [2.24, 2.45) is 0 Å². The summed E-state index contributed by atoms with van der Waals surface area (Å²) < 4.78 is 45.6. The van der Waals surface area contributed by atoms with E-state index in [9.17, 15) is 27.7 Å². The monoisotopic (exact) mass is 437 g/mol. The number of aryl methyl sites for hydroxylation is 1. The van der Waals surface area contributed by atoms with Gasteiger partial charge in [-0.3, -0.25) is 14.9 Å². The lowest BCUT2D eigenvalue weighted by Gasteiger charge is -2.34. The first-order valence-electron chi connectivity index (χ1n) is 9.10. The van der Waals surface area contributed by atoms with Crippen molar-refractivity contribution in [2.45, 2.75) is 11.8 Å². The summed E-state index contributed by atoms with van der Waals surface area (Å²) in [6.07, 6.45) is 0. The fourth-order valence-corrected chi connectivity index (χ4v) is 4.58. The fraction of sp³-hybridized carbons (Fsp3) is 0.316. The molecule has 0 bridgehead atoms. The van der Waals surface area contributed by atoms with Crippen LogP contribution < -0.4 is 4.74 Å². The lowest BCUT2D eigenvalue weighted by Crippen LogP contribution is -2.51. The Morgan fingerprint density at radius 2 is 1.83 bits per heavy atom. The van der Waals surface area contributed by atoms with E-state index in [0.717, 1.165) is 10.4 Å². The fourth-order valence-electron chi connectivity index (χ4n) is 3.09. The first-order valence-corrected chi connectivity index (χ1v) is 10.5. The summed E-state index contributed by atoms with van der Waals surface area (Å²) in [5, 5.41) is 11.1. The van der Waals surface area contributed by atoms with Crippen LogP contribution in [-0.4, -0.2) is 61.2 Å². The quantitative estimate of drug-likeness (QED) is 0.505. The highest BCUT2D eigenvalue weighted by atomic mass is 32.2. The summed E-state index contributed by atoms with van der Waals surface area (Å²) in [4.78, 5) is 24.0. The molecule has 1 saturated heterocycles. The maximum absolute atomic E-state index is 13.9. The molecule has 0 radical (unpaired) electrons. The van der Waals surface area contributed by atoms with Crippen LogP contribution in [0.15, 0.2) is 47.4 Å². The van der Waals surface area contributed by atoms with Crippen molar-refractivity contribution in [3.8, 4) is 5.75 Å². The summed E-state index contributed by atoms with van der Waals surface area (Å²) in [5.74, 6) is -1.27. The zero-order valence-corrected chi connectivity index (χ0v) is 17.0. The third kappa shape index (κ3) is 4.57. The van der Waals surface area contributed by atoms with Crippen LogP contribution in [0, 0.1) is 22.9 Å². The molecule has 30 heavy (non-hydrogen) atoms. The zero-order valence-electron chi connectivity index (χ0n) is 16.2. The number of rotatable bonds is 6. The highest BCUT2D eigenvalue weighted by Gasteiger charge is 2.32.